The number of nitro groups is 1. The Hall–Kier alpha value is -3.52. The average Bonchev–Trinajstić information content (AvgIpc) is 3.24. The van der Waals surface area contributed by atoms with Crippen LogP contribution in [0.1, 0.15) is 25.7 Å². The number of ether oxygens (including phenoxy) is 1. The molecule has 2 atom stereocenters. The fourth-order valence-corrected chi connectivity index (χ4v) is 5.44. The van der Waals surface area contributed by atoms with E-state index in [1.165, 1.54) is 11.3 Å². The molecule has 0 spiro atoms. The van der Waals surface area contributed by atoms with Crippen molar-refractivity contribution in [2.45, 2.75) is 31.8 Å². The lowest BCUT2D eigenvalue weighted by atomic mass is 9.82. The number of benzene rings is 2. The number of esters is 1. The smallest absolute Gasteiger partial charge is 0.412 e. The largest absolute Gasteiger partial charge is 0.453 e. The summed E-state index contributed by atoms with van der Waals surface area (Å²) in [5.74, 6) is -1.09. The Labute approximate surface area is 188 Å². The van der Waals surface area contributed by atoms with E-state index in [0.717, 1.165) is 47.4 Å². The molecular formula is C24H21N3O4S. The summed E-state index contributed by atoms with van der Waals surface area (Å²) >= 11 is 1.42. The molecule has 2 unspecified atom stereocenters. The van der Waals surface area contributed by atoms with Gasteiger partial charge in [-0.3, -0.25) is 10.1 Å². The van der Waals surface area contributed by atoms with Gasteiger partial charge in [-0.2, -0.15) is 0 Å². The SMILES string of the molecule is O=C1OC2CCCCC2C(Nc2nc(-c3ccccc3)c(-c3ccccc3)s2)=C1[N+](=O)[O-]. The van der Waals surface area contributed by atoms with Gasteiger partial charge in [0.1, 0.15) is 11.8 Å². The number of rotatable bonds is 5. The van der Waals surface area contributed by atoms with E-state index in [1.807, 2.05) is 60.7 Å². The van der Waals surface area contributed by atoms with Crippen molar-refractivity contribution < 1.29 is 14.5 Å². The second kappa shape index (κ2) is 8.55. The molecule has 2 heterocycles. The van der Waals surface area contributed by atoms with E-state index < -0.39 is 16.6 Å². The zero-order valence-electron chi connectivity index (χ0n) is 17.2. The van der Waals surface area contributed by atoms with Crippen molar-refractivity contribution in [1.82, 2.24) is 4.98 Å². The summed E-state index contributed by atoms with van der Waals surface area (Å²) < 4.78 is 5.40. The minimum absolute atomic E-state index is 0.217. The normalized spacial score (nSPS) is 20.4. The molecule has 3 aromatic rings. The first-order valence-corrected chi connectivity index (χ1v) is 11.4. The van der Waals surface area contributed by atoms with E-state index in [9.17, 15) is 14.9 Å². The topological polar surface area (TPSA) is 94.4 Å². The van der Waals surface area contributed by atoms with Gasteiger partial charge in [0, 0.05) is 11.5 Å². The Kier molecular flexibility index (Phi) is 5.45. The molecule has 1 aromatic heterocycles. The van der Waals surface area contributed by atoms with E-state index in [2.05, 4.69) is 5.32 Å². The number of nitrogens with zero attached hydrogens (tertiary/aromatic N) is 2. The van der Waals surface area contributed by atoms with Crippen LogP contribution in [-0.4, -0.2) is 22.0 Å². The summed E-state index contributed by atoms with van der Waals surface area (Å²) in [4.78, 5) is 29.3. The molecule has 1 aliphatic carbocycles. The van der Waals surface area contributed by atoms with Crippen LogP contribution < -0.4 is 5.32 Å². The standard InChI is InChI=1S/C24H21N3O4S/c28-23-21(27(29)30)20(17-13-7-8-14-18(17)31-23)26-24-25-19(15-9-3-1-4-10-15)22(32-24)16-11-5-2-6-12-16/h1-6,9-12,17-18H,7-8,13-14H2,(H,25,26). The van der Waals surface area contributed by atoms with Crippen LogP contribution in [0.3, 0.4) is 0 Å². The molecule has 0 radical (unpaired) electrons. The molecule has 5 rings (SSSR count). The molecule has 0 saturated heterocycles. The van der Waals surface area contributed by atoms with Gasteiger partial charge in [0.05, 0.1) is 15.5 Å². The summed E-state index contributed by atoms with van der Waals surface area (Å²) in [6, 6.07) is 19.7. The predicted molar refractivity (Wildman–Crippen MR) is 122 cm³/mol. The molecule has 2 aromatic carbocycles. The van der Waals surface area contributed by atoms with Crippen LogP contribution in [0.5, 0.6) is 0 Å². The van der Waals surface area contributed by atoms with Crippen molar-refractivity contribution >= 4 is 22.4 Å². The first kappa shape index (κ1) is 20.4. The van der Waals surface area contributed by atoms with E-state index in [4.69, 9.17) is 9.72 Å². The van der Waals surface area contributed by atoms with Crippen LogP contribution in [0, 0.1) is 16.0 Å². The van der Waals surface area contributed by atoms with Gasteiger partial charge in [0.2, 0.25) is 0 Å². The third kappa shape index (κ3) is 3.78. The number of nitrogens with one attached hydrogen (secondary N) is 1. The summed E-state index contributed by atoms with van der Waals surface area (Å²) in [7, 11) is 0. The number of hydrogen-bond donors (Lipinski definition) is 1. The number of thiazole rings is 1. The van der Waals surface area contributed by atoms with Gasteiger partial charge in [-0.15, -0.1) is 0 Å². The summed E-state index contributed by atoms with van der Waals surface area (Å²) in [6.45, 7) is 0. The highest BCUT2D eigenvalue weighted by molar-refractivity contribution is 7.19. The maximum absolute atomic E-state index is 12.4. The van der Waals surface area contributed by atoms with E-state index >= 15 is 0 Å². The molecule has 0 bridgehead atoms. The minimum Gasteiger partial charge on any atom is -0.453 e. The van der Waals surface area contributed by atoms with E-state index in [0.29, 0.717) is 10.8 Å². The third-order valence-corrected chi connectivity index (χ3v) is 6.93. The van der Waals surface area contributed by atoms with Gasteiger partial charge in [0.25, 0.3) is 0 Å². The molecule has 1 saturated carbocycles. The van der Waals surface area contributed by atoms with Crippen LogP contribution in [-0.2, 0) is 9.53 Å². The van der Waals surface area contributed by atoms with Crippen LogP contribution in [0.25, 0.3) is 21.7 Å². The van der Waals surface area contributed by atoms with Gasteiger partial charge < -0.3 is 10.1 Å². The fourth-order valence-electron chi connectivity index (χ4n) is 4.44. The second-order valence-corrected chi connectivity index (χ2v) is 8.91. The van der Waals surface area contributed by atoms with Gasteiger partial charge in [-0.25, -0.2) is 9.78 Å². The zero-order chi connectivity index (χ0) is 22.1. The lowest BCUT2D eigenvalue weighted by Gasteiger charge is -2.35. The van der Waals surface area contributed by atoms with E-state index in [-0.39, 0.29) is 12.0 Å². The highest BCUT2D eigenvalue weighted by atomic mass is 32.1. The molecule has 0 amide bonds. The first-order valence-electron chi connectivity index (χ1n) is 10.6. The lowest BCUT2D eigenvalue weighted by molar-refractivity contribution is -0.424. The van der Waals surface area contributed by atoms with Crippen molar-refractivity contribution in [3.05, 3.63) is 82.2 Å². The summed E-state index contributed by atoms with van der Waals surface area (Å²) in [6.07, 6.45) is 3.01. The van der Waals surface area contributed by atoms with Crippen molar-refractivity contribution in [2.75, 3.05) is 5.32 Å². The van der Waals surface area contributed by atoms with Gasteiger partial charge in [-0.1, -0.05) is 78.4 Å². The lowest BCUT2D eigenvalue weighted by Crippen LogP contribution is -2.41. The van der Waals surface area contributed by atoms with Crippen molar-refractivity contribution in [3.8, 4) is 21.7 Å². The molecule has 162 valence electrons. The van der Waals surface area contributed by atoms with Crippen LogP contribution in [0.15, 0.2) is 72.1 Å². The van der Waals surface area contributed by atoms with E-state index in [1.54, 1.807) is 0 Å². The van der Waals surface area contributed by atoms with Crippen LogP contribution >= 0.6 is 11.3 Å². The maximum Gasteiger partial charge on any atom is 0.412 e. The molecule has 7 nitrogen and oxygen atoms in total. The number of aromatic nitrogens is 1. The molecule has 1 N–H and O–H groups in total. The Morgan fingerprint density at radius 2 is 1.66 bits per heavy atom. The monoisotopic (exact) mass is 447 g/mol. The maximum atomic E-state index is 12.4. The highest BCUT2D eigenvalue weighted by Crippen LogP contribution is 2.42. The quantitative estimate of drug-likeness (QED) is 0.316. The molecule has 2 aliphatic rings. The van der Waals surface area contributed by atoms with Crippen molar-refractivity contribution in [3.63, 3.8) is 0 Å². The molecule has 1 fully saturated rings. The summed E-state index contributed by atoms with van der Waals surface area (Å²) in [5, 5.41) is 15.5. The van der Waals surface area contributed by atoms with Crippen molar-refractivity contribution in [2.24, 2.45) is 5.92 Å². The Bertz CT molecular complexity index is 1130. The molecular weight excluding hydrogens is 426 g/mol. The Balaban J connectivity index is 1.60. The summed E-state index contributed by atoms with van der Waals surface area (Å²) in [5.41, 5.74) is 2.58. The fraction of sp³-hybridized carbons (Fsp3) is 0.250. The van der Waals surface area contributed by atoms with Gasteiger partial charge in [-0.05, 0) is 24.8 Å². The third-order valence-electron chi connectivity index (χ3n) is 5.91. The molecule has 1 aliphatic heterocycles. The predicted octanol–water partition coefficient (Wildman–Crippen LogP) is 5.49. The zero-order valence-corrected chi connectivity index (χ0v) is 18.0. The number of carbonyl (C=O) groups is 1. The number of hydrogen-bond acceptors (Lipinski definition) is 7. The Morgan fingerprint density at radius 1 is 1.00 bits per heavy atom. The first-order chi connectivity index (χ1) is 15.6. The van der Waals surface area contributed by atoms with Crippen LogP contribution in [0.2, 0.25) is 0 Å². The van der Waals surface area contributed by atoms with Crippen LogP contribution in [0.4, 0.5) is 5.13 Å². The Morgan fingerprint density at radius 3 is 2.34 bits per heavy atom. The number of carbonyl (C=O) groups excluding carboxylic acids is 1. The second-order valence-electron chi connectivity index (χ2n) is 7.91. The van der Waals surface area contributed by atoms with Gasteiger partial charge >= 0.3 is 11.7 Å². The number of fused-ring (bicyclic) bond motifs is 1. The highest BCUT2D eigenvalue weighted by Gasteiger charge is 2.45. The minimum atomic E-state index is -0.872. The molecule has 32 heavy (non-hydrogen) atoms. The van der Waals surface area contributed by atoms with Gasteiger partial charge in [0.15, 0.2) is 5.13 Å². The molecule has 8 heteroatoms. The number of anilines is 1. The average molecular weight is 448 g/mol. The van der Waals surface area contributed by atoms with Crippen molar-refractivity contribution in [1.29, 1.82) is 0 Å².